The van der Waals surface area contributed by atoms with Gasteiger partial charge in [0.2, 0.25) is 10.0 Å². The van der Waals surface area contributed by atoms with E-state index >= 15 is 0 Å². The predicted octanol–water partition coefficient (Wildman–Crippen LogP) is 4.49. The number of sulfonamides is 1. The Kier molecular flexibility index (Phi) is 6.81. The van der Waals surface area contributed by atoms with Gasteiger partial charge in [-0.1, -0.05) is 53.7 Å². The van der Waals surface area contributed by atoms with Gasteiger partial charge in [0.25, 0.3) is 0 Å². The first kappa shape index (κ1) is 24.7. The summed E-state index contributed by atoms with van der Waals surface area (Å²) >= 11 is 0. The molecule has 9 nitrogen and oxygen atoms in total. The Morgan fingerprint density at radius 1 is 0.919 bits per heavy atom. The fraction of sp³-hybridized carbons (Fsp3) is 0.148. The lowest BCUT2D eigenvalue weighted by Crippen LogP contribution is -2.20. The van der Waals surface area contributed by atoms with Crippen LogP contribution in [-0.2, 0) is 23.1 Å². The van der Waals surface area contributed by atoms with E-state index in [1.165, 1.54) is 0 Å². The summed E-state index contributed by atoms with van der Waals surface area (Å²) in [5.74, 6) is 0.437. The molecule has 5 aromatic rings. The van der Waals surface area contributed by atoms with Crippen molar-refractivity contribution in [3.8, 4) is 33.6 Å². The fourth-order valence-corrected chi connectivity index (χ4v) is 4.47. The smallest absolute Gasteiger partial charge is 0.209 e. The Morgan fingerprint density at radius 2 is 1.54 bits per heavy atom. The Hall–Kier alpha value is -3.96. The molecule has 10 heteroatoms. The number of nitrogens with zero attached hydrogens (tertiary/aromatic N) is 4. The van der Waals surface area contributed by atoms with Crippen molar-refractivity contribution in [2.75, 3.05) is 13.3 Å². The van der Waals surface area contributed by atoms with E-state index in [1.54, 1.807) is 25.5 Å². The Morgan fingerprint density at radius 3 is 2.16 bits per heavy atom. The molecule has 0 unspecified atom stereocenters. The number of benzene rings is 2. The highest BCUT2D eigenvalue weighted by molar-refractivity contribution is 7.88. The second-order valence-corrected chi connectivity index (χ2v) is 10.6. The quantitative estimate of drug-likeness (QED) is 0.290. The molecule has 0 aliphatic carbocycles. The van der Waals surface area contributed by atoms with Crippen LogP contribution < -0.4 is 4.72 Å². The van der Waals surface area contributed by atoms with Crippen LogP contribution in [0.2, 0.25) is 0 Å². The second-order valence-electron chi connectivity index (χ2n) is 8.80. The highest BCUT2D eigenvalue weighted by Gasteiger charge is 2.11. The van der Waals surface area contributed by atoms with E-state index in [1.807, 2.05) is 60.7 Å². The normalized spacial score (nSPS) is 11.9. The standard InChI is InChI=1S/C27H25N5O4S/c1-32(33)17-22-13-26(30-25-11-12-28-16-24(22)25)20-7-3-18(4-8-20)19-5-9-21(10-6-19)27-14-23(36-31-27)15-29-37(2,34)35/h3-14,16,29,33H,15,17H2,1-2H3. The molecule has 0 atom stereocenters. The van der Waals surface area contributed by atoms with E-state index < -0.39 is 10.0 Å². The monoisotopic (exact) mass is 515 g/mol. The van der Waals surface area contributed by atoms with E-state index in [4.69, 9.17) is 9.51 Å². The van der Waals surface area contributed by atoms with Crippen molar-refractivity contribution in [2.45, 2.75) is 13.1 Å². The maximum Gasteiger partial charge on any atom is 0.209 e. The molecule has 0 amide bonds. The summed E-state index contributed by atoms with van der Waals surface area (Å²) in [6.07, 6.45) is 4.58. The summed E-state index contributed by atoms with van der Waals surface area (Å²) in [7, 11) is -1.70. The average Bonchev–Trinajstić information content (AvgIpc) is 3.36. The molecule has 2 N–H and O–H groups in total. The van der Waals surface area contributed by atoms with Gasteiger partial charge in [-0.15, -0.1) is 0 Å². The highest BCUT2D eigenvalue weighted by atomic mass is 32.2. The second kappa shape index (κ2) is 10.2. The number of hydroxylamine groups is 2. The van der Waals surface area contributed by atoms with E-state index in [9.17, 15) is 13.6 Å². The Balaban J connectivity index is 1.36. The molecule has 0 radical (unpaired) electrons. The third-order valence-corrected chi connectivity index (χ3v) is 6.53. The van der Waals surface area contributed by atoms with E-state index in [0.29, 0.717) is 18.0 Å². The molecular weight excluding hydrogens is 490 g/mol. The molecule has 0 bridgehead atoms. The molecule has 5 rings (SSSR count). The highest BCUT2D eigenvalue weighted by Crippen LogP contribution is 2.29. The third kappa shape index (κ3) is 5.89. The van der Waals surface area contributed by atoms with Gasteiger partial charge in [-0.05, 0) is 28.8 Å². The van der Waals surface area contributed by atoms with Crippen LogP contribution >= 0.6 is 0 Å². The van der Waals surface area contributed by atoms with Gasteiger partial charge in [-0.2, -0.15) is 5.06 Å². The van der Waals surface area contributed by atoms with Crippen LogP contribution in [0.3, 0.4) is 0 Å². The van der Waals surface area contributed by atoms with Gasteiger partial charge in [-0.25, -0.2) is 18.1 Å². The first-order chi connectivity index (χ1) is 17.7. The molecule has 0 saturated carbocycles. The SMILES string of the molecule is CN(O)Cc1cc(-c2ccc(-c3ccc(-c4cc(CNS(C)(=O)=O)on4)cc3)cc2)nc2ccncc12. The van der Waals surface area contributed by atoms with Crippen LogP contribution in [0.15, 0.2) is 83.6 Å². The topological polar surface area (TPSA) is 121 Å². The van der Waals surface area contributed by atoms with Crippen molar-refractivity contribution in [1.82, 2.24) is 24.9 Å². The lowest BCUT2D eigenvalue weighted by molar-refractivity contribution is -0.0728. The minimum Gasteiger partial charge on any atom is -0.359 e. The summed E-state index contributed by atoms with van der Waals surface area (Å²) in [6, 6.07) is 21.6. The van der Waals surface area contributed by atoms with Crippen molar-refractivity contribution in [3.63, 3.8) is 0 Å². The molecule has 0 aliphatic heterocycles. The number of nitrogens with one attached hydrogen (secondary N) is 1. The van der Waals surface area contributed by atoms with Crippen molar-refractivity contribution in [3.05, 3.63) is 90.4 Å². The molecule has 0 saturated heterocycles. The number of hydrogen-bond donors (Lipinski definition) is 2. The van der Waals surface area contributed by atoms with E-state index in [-0.39, 0.29) is 6.54 Å². The van der Waals surface area contributed by atoms with E-state index in [0.717, 1.165) is 55.7 Å². The number of aromatic nitrogens is 3. The number of pyridine rings is 2. The maximum atomic E-state index is 11.3. The fourth-order valence-electron chi connectivity index (χ4n) is 4.06. The zero-order chi connectivity index (χ0) is 26.0. The van der Waals surface area contributed by atoms with E-state index in [2.05, 4.69) is 14.9 Å². The molecule has 2 aromatic carbocycles. The summed E-state index contributed by atoms with van der Waals surface area (Å²) in [5, 5.41) is 15.9. The van der Waals surface area contributed by atoms with Crippen LogP contribution in [-0.4, -0.2) is 47.1 Å². The molecule has 37 heavy (non-hydrogen) atoms. The van der Waals surface area contributed by atoms with Gasteiger partial charge in [0.05, 0.1) is 24.0 Å². The maximum absolute atomic E-state index is 11.3. The number of fused-ring (bicyclic) bond motifs is 1. The zero-order valence-electron chi connectivity index (χ0n) is 20.3. The molecule has 3 aromatic heterocycles. The van der Waals surface area contributed by atoms with Crippen molar-refractivity contribution in [2.24, 2.45) is 0 Å². The van der Waals surface area contributed by atoms with Gasteiger partial charge in [0.15, 0.2) is 5.76 Å². The Labute approximate surface area is 214 Å². The summed E-state index contributed by atoms with van der Waals surface area (Å²) in [5.41, 5.74) is 7.16. The van der Waals surface area contributed by atoms with Crippen LogP contribution in [0.25, 0.3) is 44.5 Å². The number of hydrogen-bond acceptors (Lipinski definition) is 8. The van der Waals surface area contributed by atoms with Crippen molar-refractivity contribution < 1.29 is 18.1 Å². The third-order valence-electron chi connectivity index (χ3n) is 5.86. The minimum absolute atomic E-state index is 0.0530. The van der Waals surface area contributed by atoms with Gasteiger partial charge in [0.1, 0.15) is 5.69 Å². The minimum atomic E-state index is -3.31. The molecule has 3 heterocycles. The average molecular weight is 516 g/mol. The molecule has 0 aliphatic rings. The van der Waals surface area contributed by atoms with Crippen LogP contribution in [0.5, 0.6) is 0 Å². The van der Waals surface area contributed by atoms with Crippen molar-refractivity contribution >= 4 is 20.9 Å². The summed E-state index contributed by atoms with van der Waals surface area (Å²) in [4.78, 5) is 8.99. The first-order valence-electron chi connectivity index (χ1n) is 11.5. The molecule has 188 valence electrons. The predicted molar refractivity (Wildman–Crippen MR) is 141 cm³/mol. The van der Waals surface area contributed by atoms with Gasteiger partial charge in [-0.3, -0.25) is 4.98 Å². The largest absolute Gasteiger partial charge is 0.359 e. The molecular formula is C27H25N5O4S. The lowest BCUT2D eigenvalue weighted by atomic mass is 9.99. The van der Waals surface area contributed by atoms with Crippen molar-refractivity contribution in [1.29, 1.82) is 0 Å². The first-order valence-corrected chi connectivity index (χ1v) is 13.4. The molecule has 0 fully saturated rings. The van der Waals surface area contributed by atoms with Gasteiger partial charge < -0.3 is 9.73 Å². The van der Waals surface area contributed by atoms with Gasteiger partial charge >= 0.3 is 0 Å². The van der Waals surface area contributed by atoms with Crippen LogP contribution in [0, 0.1) is 0 Å². The summed E-state index contributed by atoms with van der Waals surface area (Å²) in [6.45, 7) is 0.417. The van der Waals surface area contributed by atoms with Gasteiger partial charge in [0, 0.05) is 48.6 Å². The Bertz CT molecular complexity index is 1650. The summed E-state index contributed by atoms with van der Waals surface area (Å²) < 4.78 is 30.2. The molecule has 0 spiro atoms. The zero-order valence-corrected chi connectivity index (χ0v) is 21.1. The number of rotatable bonds is 8. The lowest BCUT2D eigenvalue weighted by Gasteiger charge is -2.13. The van der Waals surface area contributed by atoms with Crippen LogP contribution in [0.1, 0.15) is 11.3 Å². The van der Waals surface area contributed by atoms with Crippen LogP contribution in [0.4, 0.5) is 0 Å².